The SMILES string of the molecule is C=CN=C(N)/C=C(\C)C#N. The molecule has 0 atom stereocenters. The lowest BCUT2D eigenvalue weighted by Gasteiger charge is -1.87. The molecule has 0 fully saturated rings. The lowest BCUT2D eigenvalue weighted by atomic mass is 10.3. The Bertz CT molecular complexity index is 217. The van der Waals surface area contributed by atoms with Crippen molar-refractivity contribution >= 4 is 5.84 Å². The fourth-order valence-electron chi connectivity index (χ4n) is 0.397. The fourth-order valence-corrected chi connectivity index (χ4v) is 0.397. The molecule has 3 heteroatoms. The van der Waals surface area contributed by atoms with E-state index in [4.69, 9.17) is 11.0 Å². The number of hydrogen-bond donors (Lipinski definition) is 1. The minimum atomic E-state index is 0.300. The van der Waals surface area contributed by atoms with Crippen LogP contribution in [0.4, 0.5) is 0 Å². The van der Waals surface area contributed by atoms with Crippen molar-refractivity contribution < 1.29 is 0 Å². The van der Waals surface area contributed by atoms with Gasteiger partial charge in [0.1, 0.15) is 5.84 Å². The first-order valence-corrected chi connectivity index (χ1v) is 2.73. The van der Waals surface area contributed by atoms with E-state index < -0.39 is 0 Å². The maximum Gasteiger partial charge on any atom is 0.124 e. The third kappa shape index (κ3) is 3.44. The number of nitrogens with two attached hydrogens (primary N) is 1. The zero-order valence-electron chi connectivity index (χ0n) is 5.83. The number of hydrogen-bond acceptors (Lipinski definition) is 2. The van der Waals surface area contributed by atoms with E-state index in [9.17, 15) is 0 Å². The second-order valence-corrected chi connectivity index (χ2v) is 1.68. The van der Waals surface area contributed by atoms with Gasteiger partial charge in [-0.3, -0.25) is 0 Å². The van der Waals surface area contributed by atoms with E-state index in [0.29, 0.717) is 11.4 Å². The number of nitriles is 1. The Morgan fingerprint density at radius 2 is 2.40 bits per heavy atom. The Kier molecular flexibility index (Phi) is 3.66. The van der Waals surface area contributed by atoms with Crippen molar-refractivity contribution in [3.8, 4) is 6.07 Å². The van der Waals surface area contributed by atoms with Crippen LogP contribution < -0.4 is 5.73 Å². The molecule has 3 nitrogen and oxygen atoms in total. The van der Waals surface area contributed by atoms with Gasteiger partial charge in [-0.25, -0.2) is 4.99 Å². The third-order valence-corrected chi connectivity index (χ3v) is 0.781. The highest BCUT2D eigenvalue weighted by atomic mass is 14.8. The zero-order valence-corrected chi connectivity index (χ0v) is 5.83. The molecule has 0 saturated heterocycles. The summed E-state index contributed by atoms with van der Waals surface area (Å²) in [6.07, 6.45) is 2.82. The first kappa shape index (κ1) is 8.44. The van der Waals surface area contributed by atoms with E-state index in [-0.39, 0.29) is 0 Å². The molecule has 0 heterocycles. The molecule has 0 unspecified atom stereocenters. The summed E-state index contributed by atoms with van der Waals surface area (Å²) >= 11 is 0. The van der Waals surface area contributed by atoms with Crippen LogP contribution in [0, 0.1) is 11.3 Å². The monoisotopic (exact) mass is 135 g/mol. The molecule has 0 spiro atoms. The Hall–Kier alpha value is -1.56. The highest BCUT2D eigenvalue weighted by Gasteiger charge is 1.85. The Labute approximate surface area is 60.2 Å². The molecule has 0 rings (SSSR count). The molecule has 0 saturated carbocycles. The van der Waals surface area contributed by atoms with Gasteiger partial charge in [0.2, 0.25) is 0 Å². The van der Waals surface area contributed by atoms with E-state index in [0.717, 1.165) is 0 Å². The van der Waals surface area contributed by atoms with Crippen LogP contribution in [0.3, 0.4) is 0 Å². The van der Waals surface area contributed by atoms with Crippen LogP contribution in [-0.2, 0) is 0 Å². The fraction of sp³-hybridized carbons (Fsp3) is 0.143. The topological polar surface area (TPSA) is 62.2 Å². The molecule has 0 aliphatic rings. The number of aliphatic imine (C=N–C) groups is 1. The van der Waals surface area contributed by atoms with E-state index >= 15 is 0 Å². The molecule has 0 bridgehead atoms. The molecule has 0 aromatic heterocycles. The summed E-state index contributed by atoms with van der Waals surface area (Å²) in [5, 5.41) is 8.30. The van der Waals surface area contributed by atoms with E-state index in [1.807, 2.05) is 6.07 Å². The minimum absolute atomic E-state index is 0.300. The molecule has 0 aliphatic heterocycles. The standard InChI is InChI=1S/C7H9N3/c1-3-10-7(9)4-6(2)5-8/h3-4H,1H2,2H3,(H2,9,10)/b6-4+. The van der Waals surface area contributed by atoms with E-state index in [2.05, 4.69) is 11.6 Å². The highest BCUT2D eigenvalue weighted by molar-refractivity contribution is 5.92. The third-order valence-electron chi connectivity index (χ3n) is 0.781. The first-order valence-electron chi connectivity index (χ1n) is 2.73. The number of nitrogens with zero attached hydrogens (tertiary/aromatic N) is 2. The predicted octanol–water partition coefficient (Wildman–Crippen LogP) is 0.957. The van der Waals surface area contributed by atoms with Crippen LogP contribution in [0.25, 0.3) is 0 Å². The Morgan fingerprint density at radius 1 is 1.80 bits per heavy atom. The minimum Gasteiger partial charge on any atom is -0.384 e. The van der Waals surface area contributed by atoms with Gasteiger partial charge in [-0.15, -0.1) is 0 Å². The molecule has 52 valence electrons. The van der Waals surface area contributed by atoms with Crippen molar-refractivity contribution in [2.75, 3.05) is 0 Å². The summed E-state index contributed by atoms with van der Waals surface area (Å²) < 4.78 is 0. The summed E-state index contributed by atoms with van der Waals surface area (Å²) in [6, 6.07) is 1.92. The summed E-state index contributed by atoms with van der Waals surface area (Å²) in [5.41, 5.74) is 5.84. The van der Waals surface area contributed by atoms with E-state index in [1.165, 1.54) is 12.3 Å². The van der Waals surface area contributed by atoms with Gasteiger partial charge in [0.25, 0.3) is 0 Å². The van der Waals surface area contributed by atoms with Crippen molar-refractivity contribution in [1.82, 2.24) is 0 Å². The van der Waals surface area contributed by atoms with E-state index in [1.54, 1.807) is 6.92 Å². The second kappa shape index (κ2) is 4.33. The quantitative estimate of drug-likeness (QED) is 0.348. The van der Waals surface area contributed by atoms with Crippen LogP contribution in [0.2, 0.25) is 0 Å². The molecular formula is C7H9N3. The van der Waals surface area contributed by atoms with Crippen LogP contribution in [-0.4, -0.2) is 5.84 Å². The molecule has 0 radical (unpaired) electrons. The van der Waals surface area contributed by atoms with Gasteiger partial charge in [-0.2, -0.15) is 5.26 Å². The van der Waals surface area contributed by atoms with Crippen molar-refractivity contribution in [3.05, 3.63) is 24.4 Å². The molecule has 2 N–H and O–H groups in total. The number of allylic oxidation sites excluding steroid dienone is 1. The Balaban J connectivity index is 4.29. The smallest absolute Gasteiger partial charge is 0.124 e. The van der Waals surface area contributed by atoms with Crippen molar-refractivity contribution in [1.29, 1.82) is 5.26 Å². The second-order valence-electron chi connectivity index (χ2n) is 1.68. The van der Waals surface area contributed by atoms with Crippen LogP contribution in [0.1, 0.15) is 6.92 Å². The first-order chi connectivity index (χ1) is 4.70. The van der Waals surface area contributed by atoms with Gasteiger partial charge >= 0.3 is 0 Å². The number of rotatable bonds is 2. The molecule has 10 heavy (non-hydrogen) atoms. The predicted molar refractivity (Wildman–Crippen MR) is 41.2 cm³/mol. The highest BCUT2D eigenvalue weighted by Crippen LogP contribution is 1.87. The maximum atomic E-state index is 8.30. The van der Waals surface area contributed by atoms with Gasteiger partial charge < -0.3 is 5.73 Å². The largest absolute Gasteiger partial charge is 0.384 e. The van der Waals surface area contributed by atoms with Crippen LogP contribution >= 0.6 is 0 Å². The molecule has 0 aromatic carbocycles. The van der Waals surface area contributed by atoms with Crippen LogP contribution in [0.5, 0.6) is 0 Å². The summed E-state index contributed by atoms with van der Waals surface area (Å²) in [7, 11) is 0. The molecule has 0 amide bonds. The van der Waals surface area contributed by atoms with Crippen molar-refractivity contribution in [2.45, 2.75) is 6.92 Å². The average Bonchev–Trinajstić information content (AvgIpc) is 1.88. The van der Waals surface area contributed by atoms with Gasteiger partial charge in [-0.05, 0) is 13.0 Å². The Morgan fingerprint density at radius 3 is 2.80 bits per heavy atom. The van der Waals surface area contributed by atoms with Crippen molar-refractivity contribution in [3.63, 3.8) is 0 Å². The maximum absolute atomic E-state index is 8.30. The summed E-state index contributed by atoms with van der Waals surface area (Å²) in [4.78, 5) is 3.64. The lowest BCUT2D eigenvalue weighted by molar-refractivity contribution is 1.43. The van der Waals surface area contributed by atoms with Gasteiger partial charge in [0, 0.05) is 11.8 Å². The molecule has 0 aromatic rings. The van der Waals surface area contributed by atoms with Gasteiger partial charge in [-0.1, -0.05) is 6.58 Å². The van der Waals surface area contributed by atoms with Gasteiger partial charge in [0.15, 0.2) is 0 Å². The van der Waals surface area contributed by atoms with Crippen LogP contribution in [0.15, 0.2) is 29.4 Å². The lowest BCUT2D eigenvalue weighted by Crippen LogP contribution is -2.07. The molecular weight excluding hydrogens is 126 g/mol. The average molecular weight is 135 g/mol. The zero-order chi connectivity index (χ0) is 7.98. The number of amidine groups is 1. The summed E-state index contributed by atoms with van der Waals surface area (Å²) in [6.45, 7) is 5.01. The molecule has 0 aliphatic carbocycles. The van der Waals surface area contributed by atoms with Crippen molar-refractivity contribution in [2.24, 2.45) is 10.7 Å². The van der Waals surface area contributed by atoms with Gasteiger partial charge in [0.05, 0.1) is 6.07 Å². The normalized spacial score (nSPS) is 12.4. The summed E-state index contributed by atoms with van der Waals surface area (Å²) in [5.74, 6) is 0.300.